The first-order chi connectivity index (χ1) is 9.90. The van der Waals surface area contributed by atoms with Crippen LogP contribution in [0.2, 0.25) is 0 Å². The highest BCUT2D eigenvalue weighted by Crippen LogP contribution is 2.18. The van der Waals surface area contributed by atoms with Gasteiger partial charge in [-0.2, -0.15) is 0 Å². The summed E-state index contributed by atoms with van der Waals surface area (Å²) in [5.74, 6) is -1.39. The number of carbonyl (C=O) groups is 4. The minimum atomic E-state index is -0.755. The third-order valence-electron chi connectivity index (χ3n) is 3.91. The summed E-state index contributed by atoms with van der Waals surface area (Å²) in [6, 6.07) is -1.93. The minimum absolute atomic E-state index is 0.164. The van der Waals surface area contributed by atoms with Crippen LogP contribution in [0.1, 0.15) is 32.6 Å². The molecule has 2 saturated heterocycles. The summed E-state index contributed by atoms with van der Waals surface area (Å²) >= 11 is 0. The van der Waals surface area contributed by atoms with Crippen molar-refractivity contribution in [2.45, 2.75) is 50.7 Å². The highest BCUT2D eigenvalue weighted by molar-refractivity contribution is 5.95. The van der Waals surface area contributed by atoms with E-state index in [0.717, 1.165) is 6.42 Å². The summed E-state index contributed by atoms with van der Waals surface area (Å²) in [5, 5.41) is 5.13. The average molecular weight is 296 g/mol. The van der Waals surface area contributed by atoms with E-state index >= 15 is 0 Å². The van der Waals surface area contributed by atoms with E-state index in [1.165, 1.54) is 4.90 Å². The van der Waals surface area contributed by atoms with Crippen LogP contribution in [0, 0.1) is 0 Å². The maximum Gasteiger partial charge on any atom is 0.245 e. The van der Waals surface area contributed by atoms with Gasteiger partial charge in [0.15, 0.2) is 0 Å². The number of hydrogen-bond acceptors (Lipinski definition) is 4. The van der Waals surface area contributed by atoms with Crippen molar-refractivity contribution in [3.8, 4) is 0 Å². The van der Waals surface area contributed by atoms with E-state index in [2.05, 4.69) is 10.6 Å². The van der Waals surface area contributed by atoms with Gasteiger partial charge in [0.1, 0.15) is 18.1 Å². The van der Waals surface area contributed by atoms with Gasteiger partial charge in [-0.25, -0.2) is 0 Å². The Hall–Kier alpha value is -2.12. The maximum absolute atomic E-state index is 12.3. The van der Waals surface area contributed by atoms with Gasteiger partial charge in [-0.15, -0.1) is 0 Å². The third-order valence-corrected chi connectivity index (χ3v) is 3.91. The number of hydrogen-bond donors (Lipinski definition) is 3. The maximum atomic E-state index is 12.3. The van der Waals surface area contributed by atoms with Crippen molar-refractivity contribution < 1.29 is 19.2 Å². The zero-order valence-corrected chi connectivity index (χ0v) is 11.9. The molecule has 0 saturated carbocycles. The number of nitrogens with zero attached hydrogens (tertiary/aromatic N) is 1. The van der Waals surface area contributed by atoms with Crippen molar-refractivity contribution >= 4 is 23.6 Å². The first-order valence-corrected chi connectivity index (χ1v) is 7.09. The fourth-order valence-corrected chi connectivity index (χ4v) is 2.76. The van der Waals surface area contributed by atoms with Crippen LogP contribution in [-0.2, 0) is 19.2 Å². The van der Waals surface area contributed by atoms with E-state index in [1.54, 1.807) is 6.92 Å². The predicted octanol–water partition coefficient (Wildman–Crippen LogP) is -1.75. The molecular formula is C13H20N4O4. The molecule has 0 aliphatic carbocycles. The van der Waals surface area contributed by atoms with Crippen molar-refractivity contribution in [1.82, 2.24) is 15.5 Å². The average Bonchev–Trinajstić information content (AvgIpc) is 3.05. The van der Waals surface area contributed by atoms with Crippen LogP contribution in [0.25, 0.3) is 0 Å². The molecule has 21 heavy (non-hydrogen) atoms. The van der Waals surface area contributed by atoms with Crippen molar-refractivity contribution in [2.75, 3.05) is 6.54 Å². The summed E-state index contributed by atoms with van der Waals surface area (Å²) in [6.07, 6.45) is 2.02. The van der Waals surface area contributed by atoms with Crippen LogP contribution >= 0.6 is 0 Å². The lowest BCUT2D eigenvalue weighted by Gasteiger charge is -2.26. The standard InChI is InChI=1S/C13H20N4O4/c1-7(15-12(20)8-4-5-10(18)16-8)13(21)17-6-2-3-9(17)11(14)19/h7-9H,2-6H2,1H3,(H2,14,19)(H,15,20)(H,16,18)/t7-,8+,9+/m1/s1. The Morgan fingerprint density at radius 1 is 1.38 bits per heavy atom. The van der Waals surface area contributed by atoms with Crippen LogP contribution in [-0.4, -0.2) is 53.2 Å². The summed E-state index contributed by atoms with van der Waals surface area (Å²) < 4.78 is 0. The van der Waals surface area contributed by atoms with Crippen LogP contribution in [0.3, 0.4) is 0 Å². The Bertz CT molecular complexity index is 479. The summed E-state index contributed by atoms with van der Waals surface area (Å²) in [6.45, 7) is 2.03. The summed E-state index contributed by atoms with van der Waals surface area (Å²) in [4.78, 5) is 48.0. The monoisotopic (exact) mass is 296 g/mol. The number of nitrogens with one attached hydrogen (secondary N) is 2. The molecule has 2 aliphatic heterocycles. The van der Waals surface area contributed by atoms with Crippen molar-refractivity contribution in [3.05, 3.63) is 0 Å². The molecule has 2 aliphatic rings. The molecule has 8 heteroatoms. The number of primary amides is 1. The Morgan fingerprint density at radius 3 is 2.67 bits per heavy atom. The molecule has 0 aromatic carbocycles. The second kappa shape index (κ2) is 6.11. The fraction of sp³-hybridized carbons (Fsp3) is 0.692. The Morgan fingerprint density at radius 2 is 2.10 bits per heavy atom. The van der Waals surface area contributed by atoms with Crippen molar-refractivity contribution in [3.63, 3.8) is 0 Å². The second-order valence-corrected chi connectivity index (χ2v) is 5.48. The molecule has 0 radical (unpaired) electrons. The topological polar surface area (TPSA) is 122 Å². The molecule has 116 valence electrons. The number of rotatable bonds is 4. The van der Waals surface area contributed by atoms with Gasteiger partial charge < -0.3 is 21.3 Å². The van der Waals surface area contributed by atoms with Crippen molar-refractivity contribution in [2.24, 2.45) is 5.73 Å². The number of nitrogens with two attached hydrogens (primary N) is 1. The predicted molar refractivity (Wildman–Crippen MR) is 72.7 cm³/mol. The van der Waals surface area contributed by atoms with Gasteiger partial charge in [0.2, 0.25) is 23.6 Å². The Labute approximate surface area is 122 Å². The van der Waals surface area contributed by atoms with E-state index in [4.69, 9.17) is 5.73 Å². The van der Waals surface area contributed by atoms with E-state index in [-0.39, 0.29) is 17.7 Å². The van der Waals surface area contributed by atoms with Gasteiger partial charge in [0.25, 0.3) is 0 Å². The van der Waals surface area contributed by atoms with E-state index in [1.807, 2.05) is 0 Å². The molecule has 2 rings (SSSR count). The molecule has 0 aromatic rings. The first-order valence-electron chi connectivity index (χ1n) is 7.09. The molecule has 4 N–H and O–H groups in total. The zero-order valence-electron chi connectivity index (χ0n) is 11.9. The van der Waals surface area contributed by atoms with Gasteiger partial charge in [0, 0.05) is 13.0 Å². The number of carbonyl (C=O) groups excluding carboxylic acids is 4. The van der Waals surface area contributed by atoms with Crippen LogP contribution in [0.4, 0.5) is 0 Å². The van der Waals surface area contributed by atoms with Crippen molar-refractivity contribution in [1.29, 1.82) is 0 Å². The second-order valence-electron chi connectivity index (χ2n) is 5.48. The number of amides is 4. The fourth-order valence-electron chi connectivity index (χ4n) is 2.76. The third kappa shape index (κ3) is 3.32. The summed E-state index contributed by atoms with van der Waals surface area (Å²) in [5.41, 5.74) is 5.27. The van der Waals surface area contributed by atoms with E-state index in [9.17, 15) is 19.2 Å². The molecule has 0 aromatic heterocycles. The molecule has 4 amide bonds. The first kappa shape index (κ1) is 15.3. The molecule has 8 nitrogen and oxygen atoms in total. The largest absolute Gasteiger partial charge is 0.368 e. The van der Waals surface area contributed by atoms with Crippen LogP contribution in [0.15, 0.2) is 0 Å². The van der Waals surface area contributed by atoms with Gasteiger partial charge >= 0.3 is 0 Å². The lowest BCUT2D eigenvalue weighted by Crippen LogP contribution is -2.54. The smallest absolute Gasteiger partial charge is 0.245 e. The van der Waals surface area contributed by atoms with Gasteiger partial charge in [-0.1, -0.05) is 0 Å². The quantitative estimate of drug-likeness (QED) is 0.569. The molecule has 0 spiro atoms. The van der Waals surface area contributed by atoms with Gasteiger partial charge in [-0.3, -0.25) is 19.2 Å². The molecule has 3 atom stereocenters. The normalized spacial score (nSPS) is 26.3. The zero-order chi connectivity index (χ0) is 15.6. The number of likely N-dealkylation sites (tertiary alicyclic amines) is 1. The molecule has 0 bridgehead atoms. The lowest BCUT2D eigenvalue weighted by molar-refractivity contribution is -0.140. The SMILES string of the molecule is C[C@@H](NC(=O)[C@@H]1CCC(=O)N1)C(=O)N1CCC[C@H]1C(N)=O. The molecule has 2 fully saturated rings. The van der Waals surface area contributed by atoms with Crippen LogP contribution in [0.5, 0.6) is 0 Å². The lowest BCUT2D eigenvalue weighted by atomic mass is 10.1. The minimum Gasteiger partial charge on any atom is -0.368 e. The van der Waals surface area contributed by atoms with Crippen LogP contribution < -0.4 is 16.4 Å². The summed E-state index contributed by atoms with van der Waals surface area (Å²) in [7, 11) is 0. The Balaban J connectivity index is 1.91. The molecular weight excluding hydrogens is 276 g/mol. The molecule has 2 heterocycles. The highest BCUT2D eigenvalue weighted by Gasteiger charge is 2.36. The highest BCUT2D eigenvalue weighted by atomic mass is 16.2. The van der Waals surface area contributed by atoms with E-state index in [0.29, 0.717) is 25.8 Å². The van der Waals surface area contributed by atoms with Gasteiger partial charge in [0.05, 0.1) is 0 Å². The van der Waals surface area contributed by atoms with Gasteiger partial charge in [-0.05, 0) is 26.2 Å². The van der Waals surface area contributed by atoms with E-state index < -0.39 is 24.0 Å². The Kier molecular flexibility index (Phi) is 4.44. The molecule has 0 unspecified atom stereocenters.